The number of hydrogen-bond donors (Lipinski definition) is 1. The minimum absolute atomic E-state index is 0.160. The molecule has 1 aliphatic heterocycles. The van der Waals surface area contributed by atoms with Crippen LogP contribution in [0, 0.1) is 6.92 Å². The van der Waals surface area contributed by atoms with Crippen LogP contribution in [0.5, 0.6) is 5.75 Å². The summed E-state index contributed by atoms with van der Waals surface area (Å²) in [4.78, 5) is 0. The Morgan fingerprint density at radius 2 is 2.10 bits per heavy atom. The molecule has 0 aromatic heterocycles. The van der Waals surface area contributed by atoms with Crippen molar-refractivity contribution in [1.82, 2.24) is 0 Å². The van der Waals surface area contributed by atoms with Gasteiger partial charge in [-0.1, -0.05) is 25.0 Å². The molecule has 1 saturated heterocycles. The number of aliphatic hydroxyl groups is 1. The summed E-state index contributed by atoms with van der Waals surface area (Å²) in [6.45, 7) is 4.40. The van der Waals surface area contributed by atoms with Gasteiger partial charge in [0.15, 0.2) is 0 Å². The fourth-order valence-electron chi connectivity index (χ4n) is 3.69. The highest BCUT2D eigenvalue weighted by Gasteiger charge is 2.42. The molecule has 0 bridgehead atoms. The second-order valence-electron chi connectivity index (χ2n) is 6.70. The van der Waals surface area contributed by atoms with Crippen LogP contribution in [0.15, 0.2) is 18.2 Å². The highest BCUT2D eigenvalue weighted by Crippen LogP contribution is 2.43. The monoisotopic (exact) mass is 290 g/mol. The van der Waals surface area contributed by atoms with E-state index in [1.165, 1.54) is 32.1 Å². The quantitative estimate of drug-likeness (QED) is 0.913. The predicted molar refractivity (Wildman–Crippen MR) is 82.6 cm³/mol. The molecule has 2 atom stereocenters. The highest BCUT2D eigenvalue weighted by molar-refractivity contribution is 5.38. The Morgan fingerprint density at radius 3 is 2.81 bits per heavy atom. The zero-order valence-corrected chi connectivity index (χ0v) is 13.1. The maximum atomic E-state index is 9.84. The van der Waals surface area contributed by atoms with Crippen molar-refractivity contribution in [3.63, 3.8) is 0 Å². The summed E-state index contributed by atoms with van der Waals surface area (Å²) < 4.78 is 12.3. The van der Waals surface area contributed by atoms with E-state index in [0.29, 0.717) is 6.61 Å². The molecule has 3 rings (SSSR count). The Balaban J connectivity index is 1.62. The van der Waals surface area contributed by atoms with E-state index in [4.69, 9.17) is 9.47 Å². The molecule has 3 nitrogen and oxygen atoms in total. The van der Waals surface area contributed by atoms with Crippen molar-refractivity contribution in [2.75, 3.05) is 6.61 Å². The molecule has 2 aliphatic rings. The summed E-state index contributed by atoms with van der Waals surface area (Å²) in [6.07, 6.45) is 7.00. The van der Waals surface area contributed by atoms with Crippen LogP contribution in [0.4, 0.5) is 0 Å². The third-order valence-electron chi connectivity index (χ3n) is 4.90. The van der Waals surface area contributed by atoms with E-state index in [1.807, 2.05) is 25.1 Å². The molecule has 1 aliphatic carbocycles. The molecule has 1 saturated carbocycles. The lowest BCUT2D eigenvalue weighted by atomic mass is 9.98. The maximum Gasteiger partial charge on any atom is 0.125 e. The first-order valence-corrected chi connectivity index (χ1v) is 8.17. The van der Waals surface area contributed by atoms with Crippen LogP contribution in [0.25, 0.3) is 0 Å². The number of aryl methyl sites for hydroxylation is 1. The smallest absolute Gasteiger partial charge is 0.125 e. The van der Waals surface area contributed by atoms with Gasteiger partial charge in [0.05, 0.1) is 17.8 Å². The zero-order chi connectivity index (χ0) is 14.9. The fourth-order valence-corrected chi connectivity index (χ4v) is 3.69. The Bertz CT molecular complexity index is 489. The lowest BCUT2D eigenvalue weighted by Crippen LogP contribution is -2.27. The van der Waals surface area contributed by atoms with Crippen molar-refractivity contribution < 1.29 is 14.6 Å². The van der Waals surface area contributed by atoms with Gasteiger partial charge in [-0.2, -0.15) is 0 Å². The van der Waals surface area contributed by atoms with Gasteiger partial charge < -0.3 is 14.6 Å². The van der Waals surface area contributed by atoms with Crippen LogP contribution in [0.1, 0.15) is 62.7 Å². The summed E-state index contributed by atoms with van der Waals surface area (Å²) in [5.74, 6) is 0.793. The summed E-state index contributed by atoms with van der Waals surface area (Å²) in [6, 6.07) is 5.96. The third-order valence-corrected chi connectivity index (χ3v) is 4.90. The third kappa shape index (κ3) is 3.24. The topological polar surface area (TPSA) is 38.7 Å². The van der Waals surface area contributed by atoms with Crippen molar-refractivity contribution in [1.29, 1.82) is 0 Å². The summed E-state index contributed by atoms with van der Waals surface area (Å²) >= 11 is 0. The van der Waals surface area contributed by atoms with Gasteiger partial charge in [-0.15, -0.1) is 0 Å². The minimum Gasteiger partial charge on any atom is -0.490 e. The molecule has 0 amide bonds. The van der Waals surface area contributed by atoms with Crippen LogP contribution in [-0.2, 0) is 4.74 Å². The van der Waals surface area contributed by atoms with E-state index in [9.17, 15) is 5.11 Å². The van der Waals surface area contributed by atoms with Gasteiger partial charge in [-0.3, -0.25) is 0 Å². The second kappa shape index (κ2) is 5.98. The van der Waals surface area contributed by atoms with Gasteiger partial charge in [0, 0.05) is 5.56 Å². The standard InChI is InChI=1S/C18H26O3/c1-13-5-6-16(14(2)19)17(11-13)20-12-15-7-10-18(21-15)8-3-4-9-18/h5-6,11,14-15,19H,3-4,7-10,12H2,1-2H3. The van der Waals surface area contributed by atoms with Crippen molar-refractivity contribution >= 4 is 0 Å². The van der Waals surface area contributed by atoms with E-state index in [-0.39, 0.29) is 11.7 Å². The summed E-state index contributed by atoms with van der Waals surface area (Å²) in [7, 11) is 0. The molecule has 1 aromatic rings. The first-order valence-electron chi connectivity index (χ1n) is 8.17. The molecule has 3 heteroatoms. The minimum atomic E-state index is -0.508. The normalized spacial score (nSPS) is 25.4. The maximum absolute atomic E-state index is 9.84. The lowest BCUT2D eigenvalue weighted by Gasteiger charge is -2.24. The molecule has 1 heterocycles. The lowest BCUT2D eigenvalue weighted by molar-refractivity contribution is -0.0511. The van der Waals surface area contributed by atoms with Gasteiger partial charge in [0.2, 0.25) is 0 Å². The van der Waals surface area contributed by atoms with Gasteiger partial charge >= 0.3 is 0 Å². The number of hydrogen-bond acceptors (Lipinski definition) is 3. The summed E-state index contributed by atoms with van der Waals surface area (Å²) in [5.41, 5.74) is 2.16. The Labute approximate surface area is 127 Å². The van der Waals surface area contributed by atoms with Gasteiger partial charge in [0.25, 0.3) is 0 Å². The van der Waals surface area contributed by atoms with Crippen LogP contribution in [-0.4, -0.2) is 23.4 Å². The highest BCUT2D eigenvalue weighted by atomic mass is 16.6. The fraction of sp³-hybridized carbons (Fsp3) is 0.667. The van der Waals surface area contributed by atoms with E-state index in [0.717, 1.165) is 23.3 Å². The van der Waals surface area contributed by atoms with Crippen LogP contribution in [0.3, 0.4) is 0 Å². The molecule has 1 aromatic carbocycles. The second-order valence-corrected chi connectivity index (χ2v) is 6.70. The number of rotatable bonds is 4. The molecule has 116 valence electrons. The van der Waals surface area contributed by atoms with Crippen molar-refractivity contribution in [3.8, 4) is 5.75 Å². The van der Waals surface area contributed by atoms with E-state index in [1.54, 1.807) is 6.92 Å². The van der Waals surface area contributed by atoms with Gasteiger partial charge in [-0.05, 0) is 51.2 Å². The molecule has 2 unspecified atom stereocenters. The van der Waals surface area contributed by atoms with E-state index >= 15 is 0 Å². The van der Waals surface area contributed by atoms with E-state index < -0.39 is 6.10 Å². The molecule has 0 radical (unpaired) electrons. The number of ether oxygens (including phenoxy) is 2. The molecule has 1 spiro atoms. The number of benzene rings is 1. The Kier molecular flexibility index (Phi) is 4.23. The number of aliphatic hydroxyl groups excluding tert-OH is 1. The Morgan fingerprint density at radius 1 is 1.33 bits per heavy atom. The molecule has 2 fully saturated rings. The summed E-state index contributed by atoms with van der Waals surface area (Å²) in [5, 5.41) is 9.84. The van der Waals surface area contributed by atoms with Gasteiger partial charge in [0.1, 0.15) is 12.4 Å². The first kappa shape index (κ1) is 14.9. The van der Waals surface area contributed by atoms with Gasteiger partial charge in [-0.25, -0.2) is 0 Å². The SMILES string of the molecule is Cc1ccc(C(C)O)c(OCC2CCC3(CCCC3)O2)c1. The Hall–Kier alpha value is -1.06. The molecule has 1 N–H and O–H groups in total. The van der Waals surface area contributed by atoms with Crippen LogP contribution in [0.2, 0.25) is 0 Å². The van der Waals surface area contributed by atoms with E-state index in [2.05, 4.69) is 0 Å². The van der Waals surface area contributed by atoms with Crippen LogP contribution < -0.4 is 4.74 Å². The zero-order valence-electron chi connectivity index (χ0n) is 13.1. The van der Waals surface area contributed by atoms with Crippen LogP contribution >= 0.6 is 0 Å². The largest absolute Gasteiger partial charge is 0.490 e. The van der Waals surface area contributed by atoms with Crippen molar-refractivity contribution in [2.45, 2.75) is 70.2 Å². The molecule has 21 heavy (non-hydrogen) atoms. The van der Waals surface area contributed by atoms with Crippen molar-refractivity contribution in [2.24, 2.45) is 0 Å². The van der Waals surface area contributed by atoms with Crippen molar-refractivity contribution in [3.05, 3.63) is 29.3 Å². The molecular weight excluding hydrogens is 264 g/mol. The molecular formula is C18H26O3. The predicted octanol–water partition coefficient (Wildman–Crippen LogP) is 3.92. The average Bonchev–Trinajstić information content (AvgIpc) is 3.07. The average molecular weight is 290 g/mol. The first-order chi connectivity index (χ1) is 10.1.